The van der Waals surface area contributed by atoms with E-state index in [0.29, 0.717) is 6.04 Å². The van der Waals surface area contributed by atoms with Crippen LogP contribution in [0, 0.1) is 6.92 Å². The number of hydrogen-bond acceptors (Lipinski definition) is 2. The fourth-order valence-corrected chi connectivity index (χ4v) is 4.25. The van der Waals surface area contributed by atoms with Crippen molar-refractivity contribution >= 4 is 5.91 Å². The van der Waals surface area contributed by atoms with Gasteiger partial charge in [-0.2, -0.15) is 0 Å². The van der Waals surface area contributed by atoms with Gasteiger partial charge in [0.2, 0.25) is 0 Å². The molecule has 0 aromatic heterocycles. The van der Waals surface area contributed by atoms with Crippen LogP contribution in [0.3, 0.4) is 0 Å². The number of amides is 1. The summed E-state index contributed by atoms with van der Waals surface area (Å²) in [6.07, 6.45) is 3.42. The summed E-state index contributed by atoms with van der Waals surface area (Å²) in [6.45, 7) is 5.89. The van der Waals surface area contributed by atoms with Gasteiger partial charge in [0.25, 0.3) is 5.91 Å². The van der Waals surface area contributed by atoms with Crippen molar-refractivity contribution < 1.29 is 4.79 Å². The molecule has 1 saturated heterocycles. The third-order valence-corrected chi connectivity index (χ3v) is 5.74. The van der Waals surface area contributed by atoms with Crippen molar-refractivity contribution in [3.05, 3.63) is 70.8 Å². The maximum absolute atomic E-state index is 13.0. The highest BCUT2D eigenvalue weighted by Gasteiger charge is 2.30. The minimum absolute atomic E-state index is 0.195. The van der Waals surface area contributed by atoms with Crippen LogP contribution in [-0.2, 0) is 13.0 Å². The first-order valence-electron chi connectivity index (χ1n) is 9.38. The van der Waals surface area contributed by atoms with Crippen molar-refractivity contribution in [2.24, 2.45) is 0 Å². The molecule has 25 heavy (non-hydrogen) atoms. The highest BCUT2D eigenvalue weighted by molar-refractivity contribution is 5.95. The molecular formula is C22H26N2O. The first-order chi connectivity index (χ1) is 12.2. The van der Waals surface area contributed by atoms with E-state index in [1.54, 1.807) is 0 Å². The molecule has 1 amide bonds. The van der Waals surface area contributed by atoms with Gasteiger partial charge in [0.1, 0.15) is 0 Å². The van der Waals surface area contributed by atoms with E-state index in [1.165, 1.54) is 17.5 Å². The number of hydrogen-bond donors (Lipinski definition) is 0. The summed E-state index contributed by atoms with van der Waals surface area (Å²) < 4.78 is 0. The summed E-state index contributed by atoms with van der Waals surface area (Å²) >= 11 is 0. The van der Waals surface area contributed by atoms with Crippen LogP contribution in [-0.4, -0.2) is 41.4 Å². The second-order valence-electron chi connectivity index (χ2n) is 7.35. The molecule has 0 unspecified atom stereocenters. The Balaban J connectivity index is 1.47. The number of carbonyl (C=O) groups excluding carboxylic acids is 1. The van der Waals surface area contributed by atoms with Crippen molar-refractivity contribution in [1.29, 1.82) is 0 Å². The maximum Gasteiger partial charge on any atom is 0.254 e. The Morgan fingerprint density at radius 2 is 1.76 bits per heavy atom. The number of benzene rings is 2. The van der Waals surface area contributed by atoms with Crippen molar-refractivity contribution in [2.75, 3.05) is 19.6 Å². The Hall–Kier alpha value is -2.13. The van der Waals surface area contributed by atoms with E-state index in [1.807, 2.05) is 31.2 Å². The SMILES string of the molecule is Cc1ccccc1C(=O)N1CCC[C@H](N2CCc3ccccc3C2)C1. The van der Waals surface area contributed by atoms with Crippen LogP contribution in [0.4, 0.5) is 0 Å². The minimum atomic E-state index is 0.195. The summed E-state index contributed by atoms with van der Waals surface area (Å²) in [5.41, 5.74) is 4.87. The van der Waals surface area contributed by atoms with Crippen LogP contribution in [0.15, 0.2) is 48.5 Å². The molecule has 2 aliphatic heterocycles. The van der Waals surface area contributed by atoms with E-state index < -0.39 is 0 Å². The molecule has 3 nitrogen and oxygen atoms in total. The second-order valence-corrected chi connectivity index (χ2v) is 7.35. The Bertz CT molecular complexity index is 770. The van der Waals surface area contributed by atoms with Gasteiger partial charge in [-0.05, 0) is 48.9 Å². The number of likely N-dealkylation sites (tertiary alicyclic amines) is 1. The van der Waals surface area contributed by atoms with Crippen LogP contribution in [0.5, 0.6) is 0 Å². The molecule has 2 aromatic rings. The monoisotopic (exact) mass is 334 g/mol. The third kappa shape index (κ3) is 3.34. The highest BCUT2D eigenvalue weighted by atomic mass is 16.2. The van der Waals surface area contributed by atoms with E-state index in [9.17, 15) is 4.79 Å². The molecule has 1 fully saturated rings. The average Bonchev–Trinajstić information content (AvgIpc) is 2.67. The maximum atomic E-state index is 13.0. The molecule has 0 N–H and O–H groups in total. The lowest BCUT2D eigenvalue weighted by Crippen LogP contribution is -2.51. The number of piperidine rings is 1. The summed E-state index contributed by atoms with van der Waals surface area (Å²) in [4.78, 5) is 17.6. The van der Waals surface area contributed by atoms with Gasteiger partial charge in [-0.1, -0.05) is 42.5 Å². The Kier molecular flexibility index (Phi) is 4.58. The van der Waals surface area contributed by atoms with Gasteiger partial charge in [-0.25, -0.2) is 0 Å². The van der Waals surface area contributed by atoms with E-state index in [4.69, 9.17) is 0 Å². The Morgan fingerprint density at radius 3 is 2.60 bits per heavy atom. The van der Waals surface area contributed by atoms with E-state index in [2.05, 4.69) is 34.1 Å². The molecular weight excluding hydrogens is 308 g/mol. The van der Waals surface area contributed by atoms with E-state index in [0.717, 1.165) is 50.1 Å². The molecule has 0 spiro atoms. The molecule has 0 bridgehead atoms. The van der Waals surface area contributed by atoms with Crippen molar-refractivity contribution in [3.63, 3.8) is 0 Å². The standard InChI is InChI=1S/C22H26N2O/c1-17-7-2-5-11-21(17)22(25)24-13-6-10-20(16-24)23-14-12-18-8-3-4-9-19(18)15-23/h2-5,7-9,11,20H,6,10,12-16H2,1H3/t20-/m0/s1. The smallest absolute Gasteiger partial charge is 0.254 e. The molecule has 2 aromatic carbocycles. The first kappa shape index (κ1) is 16.3. The normalized spacial score (nSPS) is 21.0. The fourth-order valence-electron chi connectivity index (χ4n) is 4.25. The van der Waals surface area contributed by atoms with Gasteiger partial charge in [-0.15, -0.1) is 0 Å². The molecule has 0 aliphatic carbocycles. The van der Waals surface area contributed by atoms with E-state index >= 15 is 0 Å². The highest BCUT2D eigenvalue weighted by Crippen LogP contribution is 2.25. The van der Waals surface area contributed by atoms with Crippen LogP contribution in [0.2, 0.25) is 0 Å². The number of aryl methyl sites for hydroxylation is 1. The lowest BCUT2D eigenvalue weighted by molar-refractivity contribution is 0.0548. The summed E-state index contributed by atoms with van der Waals surface area (Å²) in [7, 11) is 0. The second kappa shape index (κ2) is 7.01. The zero-order valence-electron chi connectivity index (χ0n) is 14.9. The summed E-state index contributed by atoms with van der Waals surface area (Å²) in [6, 6.07) is 17.2. The Morgan fingerprint density at radius 1 is 1.00 bits per heavy atom. The third-order valence-electron chi connectivity index (χ3n) is 5.74. The summed E-state index contributed by atoms with van der Waals surface area (Å²) in [5, 5.41) is 0. The molecule has 2 heterocycles. The van der Waals surface area contributed by atoms with Gasteiger partial charge in [0.05, 0.1) is 0 Å². The predicted octanol–water partition coefficient (Wildman–Crippen LogP) is 3.66. The van der Waals surface area contributed by atoms with Crippen LogP contribution < -0.4 is 0 Å². The first-order valence-corrected chi connectivity index (χ1v) is 9.38. The predicted molar refractivity (Wildman–Crippen MR) is 101 cm³/mol. The number of rotatable bonds is 2. The average molecular weight is 334 g/mol. The lowest BCUT2D eigenvalue weighted by Gasteiger charge is -2.41. The van der Waals surface area contributed by atoms with Gasteiger partial charge in [0, 0.05) is 37.8 Å². The van der Waals surface area contributed by atoms with Gasteiger partial charge in [0.15, 0.2) is 0 Å². The molecule has 0 saturated carbocycles. The van der Waals surface area contributed by atoms with Crippen molar-refractivity contribution in [1.82, 2.24) is 9.80 Å². The molecule has 130 valence electrons. The largest absolute Gasteiger partial charge is 0.337 e. The number of carbonyl (C=O) groups is 1. The van der Waals surface area contributed by atoms with Crippen LogP contribution in [0.1, 0.15) is 39.9 Å². The zero-order valence-corrected chi connectivity index (χ0v) is 14.9. The molecule has 2 aliphatic rings. The molecule has 1 atom stereocenters. The Labute approximate surface area is 150 Å². The van der Waals surface area contributed by atoms with Crippen molar-refractivity contribution in [3.8, 4) is 0 Å². The molecule has 3 heteroatoms. The quantitative estimate of drug-likeness (QED) is 0.837. The molecule has 4 rings (SSSR count). The number of nitrogens with zero attached hydrogens (tertiary/aromatic N) is 2. The number of fused-ring (bicyclic) bond motifs is 1. The summed E-state index contributed by atoms with van der Waals surface area (Å²) in [5.74, 6) is 0.195. The zero-order chi connectivity index (χ0) is 17.2. The van der Waals surface area contributed by atoms with Crippen molar-refractivity contribution in [2.45, 2.75) is 38.8 Å². The van der Waals surface area contributed by atoms with Crippen LogP contribution >= 0.6 is 0 Å². The minimum Gasteiger partial charge on any atom is -0.337 e. The van der Waals surface area contributed by atoms with Crippen LogP contribution in [0.25, 0.3) is 0 Å². The molecule has 0 radical (unpaired) electrons. The van der Waals surface area contributed by atoms with Gasteiger partial charge in [-0.3, -0.25) is 9.69 Å². The topological polar surface area (TPSA) is 23.6 Å². The lowest BCUT2D eigenvalue weighted by atomic mass is 9.95. The fraction of sp³-hybridized carbons (Fsp3) is 0.409. The van der Waals surface area contributed by atoms with Gasteiger partial charge >= 0.3 is 0 Å². The van der Waals surface area contributed by atoms with Gasteiger partial charge < -0.3 is 4.90 Å². The van der Waals surface area contributed by atoms with E-state index in [-0.39, 0.29) is 5.91 Å².